The van der Waals surface area contributed by atoms with Gasteiger partial charge < -0.3 is 33.7 Å². The van der Waals surface area contributed by atoms with E-state index in [1.165, 1.54) is 13.3 Å². The Morgan fingerprint density at radius 3 is 2.32 bits per heavy atom. The molecule has 1 N–H and O–H groups in total. The summed E-state index contributed by atoms with van der Waals surface area (Å²) in [5, 5.41) is 2.62. The molecule has 0 aliphatic rings. The SMILES string of the molecule is COC(=O)c1ccc(Oc2cccc(OCCOCCOCCNC(=O)OC(C)(C)C)c2)nc1. The first kappa shape index (κ1) is 26.9. The van der Waals surface area contributed by atoms with Crippen molar-refractivity contribution in [2.75, 3.05) is 46.7 Å². The molecule has 34 heavy (non-hydrogen) atoms. The highest BCUT2D eigenvalue weighted by molar-refractivity contribution is 5.88. The van der Waals surface area contributed by atoms with Gasteiger partial charge in [0.25, 0.3) is 0 Å². The second-order valence-corrected chi connectivity index (χ2v) is 7.96. The maximum Gasteiger partial charge on any atom is 0.407 e. The van der Waals surface area contributed by atoms with Crippen LogP contribution in [0.5, 0.6) is 17.4 Å². The van der Waals surface area contributed by atoms with Crippen molar-refractivity contribution in [2.45, 2.75) is 26.4 Å². The lowest BCUT2D eigenvalue weighted by Crippen LogP contribution is -2.34. The third kappa shape index (κ3) is 11.0. The smallest absolute Gasteiger partial charge is 0.407 e. The van der Waals surface area contributed by atoms with Crippen molar-refractivity contribution >= 4 is 12.1 Å². The third-order valence-corrected chi connectivity index (χ3v) is 3.97. The van der Waals surface area contributed by atoms with Crippen LogP contribution >= 0.6 is 0 Å². The van der Waals surface area contributed by atoms with Crippen LogP contribution in [0.2, 0.25) is 0 Å². The Morgan fingerprint density at radius 2 is 1.65 bits per heavy atom. The molecule has 0 saturated carbocycles. The van der Waals surface area contributed by atoms with Crippen LogP contribution in [-0.4, -0.2) is 69.3 Å². The molecule has 0 fully saturated rings. The Labute approximate surface area is 199 Å². The summed E-state index contributed by atoms with van der Waals surface area (Å²) in [5.41, 5.74) is -0.180. The van der Waals surface area contributed by atoms with Crippen molar-refractivity contribution in [1.29, 1.82) is 0 Å². The zero-order chi connectivity index (χ0) is 24.8. The molecular weight excluding hydrogens is 444 g/mol. The number of methoxy groups -OCH3 is 1. The molecule has 0 atom stereocenters. The van der Waals surface area contributed by atoms with Crippen LogP contribution in [-0.2, 0) is 18.9 Å². The van der Waals surface area contributed by atoms with Crippen LogP contribution in [0.15, 0.2) is 42.6 Å². The molecule has 0 saturated heterocycles. The predicted molar refractivity (Wildman–Crippen MR) is 123 cm³/mol. The van der Waals surface area contributed by atoms with Crippen molar-refractivity contribution in [1.82, 2.24) is 10.3 Å². The van der Waals surface area contributed by atoms with Crippen LogP contribution in [0, 0.1) is 0 Å². The monoisotopic (exact) mass is 476 g/mol. The topological polar surface area (TPSA) is 114 Å². The zero-order valence-electron chi connectivity index (χ0n) is 20.0. The number of nitrogens with one attached hydrogen (secondary N) is 1. The van der Waals surface area contributed by atoms with E-state index < -0.39 is 17.7 Å². The quantitative estimate of drug-likeness (QED) is 0.342. The van der Waals surface area contributed by atoms with E-state index in [-0.39, 0.29) is 0 Å². The highest BCUT2D eigenvalue weighted by atomic mass is 16.6. The van der Waals surface area contributed by atoms with E-state index >= 15 is 0 Å². The molecule has 2 aromatic rings. The fourth-order valence-corrected chi connectivity index (χ4v) is 2.51. The van der Waals surface area contributed by atoms with Gasteiger partial charge in [0, 0.05) is 24.9 Å². The number of rotatable bonds is 13. The molecule has 0 aliphatic carbocycles. The molecule has 1 heterocycles. The van der Waals surface area contributed by atoms with E-state index in [2.05, 4.69) is 15.0 Å². The summed E-state index contributed by atoms with van der Waals surface area (Å²) in [6.45, 7) is 7.71. The van der Waals surface area contributed by atoms with Crippen LogP contribution in [0.25, 0.3) is 0 Å². The largest absolute Gasteiger partial charge is 0.491 e. The summed E-state index contributed by atoms with van der Waals surface area (Å²) >= 11 is 0. The number of carbonyl (C=O) groups is 2. The average molecular weight is 477 g/mol. The Hall–Kier alpha value is -3.37. The van der Waals surface area contributed by atoms with E-state index in [1.807, 2.05) is 0 Å². The minimum Gasteiger partial charge on any atom is -0.491 e. The summed E-state index contributed by atoms with van der Waals surface area (Å²) < 4.78 is 32.0. The Kier molecular flexibility index (Phi) is 11.1. The number of amides is 1. The van der Waals surface area contributed by atoms with Crippen LogP contribution in [0.4, 0.5) is 4.79 Å². The van der Waals surface area contributed by atoms with Crippen molar-refractivity contribution in [2.24, 2.45) is 0 Å². The Bertz CT molecular complexity index is 897. The Balaban J connectivity index is 1.57. The summed E-state index contributed by atoms with van der Waals surface area (Å²) in [6.07, 6.45) is 0.923. The molecule has 0 unspecified atom stereocenters. The number of esters is 1. The molecule has 1 amide bonds. The number of hydrogen-bond acceptors (Lipinski definition) is 9. The van der Waals surface area contributed by atoms with Crippen molar-refractivity contribution in [3.05, 3.63) is 48.2 Å². The summed E-state index contributed by atoms with van der Waals surface area (Å²) in [6, 6.07) is 10.3. The molecule has 10 heteroatoms. The third-order valence-electron chi connectivity index (χ3n) is 3.97. The molecule has 0 spiro atoms. The summed E-state index contributed by atoms with van der Waals surface area (Å²) in [5.74, 6) is 1.05. The molecule has 10 nitrogen and oxygen atoms in total. The van der Waals surface area contributed by atoms with Gasteiger partial charge >= 0.3 is 12.1 Å². The van der Waals surface area contributed by atoms with Gasteiger partial charge in [-0.15, -0.1) is 0 Å². The van der Waals surface area contributed by atoms with Gasteiger partial charge in [0.2, 0.25) is 5.88 Å². The first-order chi connectivity index (χ1) is 16.3. The molecular formula is C24H32N2O8. The number of aromatic nitrogens is 1. The zero-order valence-corrected chi connectivity index (χ0v) is 20.0. The van der Waals surface area contributed by atoms with E-state index in [9.17, 15) is 9.59 Å². The van der Waals surface area contributed by atoms with Crippen molar-refractivity contribution < 1.29 is 38.0 Å². The van der Waals surface area contributed by atoms with E-state index in [0.29, 0.717) is 62.5 Å². The van der Waals surface area contributed by atoms with E-state index in [0.717, 1.165) is 0 Å². The van der Waals surface area contributed by atoms with Crippen molar-refractivity contribution in [3.63, 3.8) is 0 Å². The highest BCUT2D eigenvalue weighted by Gasteiger charge is 2.15. The van der Waals surface area contributed by atoms with Gasteiger partial charge in [-0.2, -0.15) is 0 Å². The van der Waals surface area contributed by atoms with Gasteiger partial charge in [0.15, 0.2) is 0 Å². The van der Waals surface area contributed by atoms with E-state index in [4.69, 9.17) is 23.7 Å². The number of benzene rings is 1. The number of pyridine rings is 1. The van der Waals surface area contributed by atoms with Crippen LogP contribution < -0.4 is 14.8 Å². The van der Waals surface area contributed by atoms with Gasteiger partial charge in [-0.25, -0.2) is 14.6 Å². The molecule has 186 valence electrons. The number of alkyl carbamates (subject to hydrolysis) is 1. The van der Waals surface area contributed by atoms with Gasteiger partial charge in [0.05, 0.1) is 39.1 Å². The minimum absolute atomic E-state index is 0.342. The average Bonchev–Trinajstić information content (AvgIpc) is 2.79. The van der Waals surface area contributed by atoms with Crippen LogP contribution in [0.1, 0.15) is 31.1 Å². The number of carbonyl (C=O) groups excluding carboxylic acids is 2. The minimum atomic E-state index is -0.522. The van der Waals surface area contributed by atoms with Gasteiger partial charge in [-0.1, -0.05) is 6.07 Å². The number of hydrogen-bond donors (Lipinski definition) is 1. The maximum absolute atomic E-state index is 11.5. The lowest BCUT2D eigenvalue weighted by Gasteiger charge is -2.19. The number of ether oxygens (including phenoxy) is 6. The standard InChI is InChI=1S/C24H32N2O8/c1-24(2,3)34-23(28)25-10-11-30-12-13-31-14-15-32-19-6-5-7-20(16-19)33-21-9-8-18(17-26-21)22(27)29-4/h5-9,16-17H,10-15H2,1-4H3,(H,25,28). The first-order valence-electron chi connectivity index (χ1n) is 10.8. The second kappa shape index (κ2) is 14.0. The molecule has 1 aromatic heterocycles. The molecule has 0 radical (unpaired) electrons. The molecule has 1 aromatic carbocycles. The van der Waals surface area contributed by atoms with Gasteiger partial charge in [-0.05, 0) is 39.0 Å². The highest BCUT2D eigenvalue weighted by Crippen LogP contribution is 2.24. The fraction of sp³-hybridized carbons (Fsp3) is 0.458. The maximum atomic E-state index is 11.5. The Morgan fingerprint density at radius 1 is 0.941 bits per heavy atom. The lowest BCUT2D eigenvalue weighted by molar-refractivity contribution is 0.0327. The van der Waals surface area contributed by atoms with Gasteiger partial charge in [-0.3, -0.25) is 0 Å². The normalized spacial score (nSPS) is 10.9. The van der Waals surface area contributed by atoms with Crippen LogP contribution in [0.3, 0.4) is 0 Å². The van der Waals surface area contributed by atoms with Gasteiger partial charge in [0.1, 0.15) is 23.7 Å². The second-order valence-electron chi connectivity index (χ2n) is 7.96. The fourth-order valence-electron chi connectivity index (χ4n) is 2.51. The van der Waals surface area contributed by atoms with E-state index in [1.54, 1.807) is 57.2 Å². The molecule has 0 aliphatic heterocycles. The van der Waals surface area contributed by atoms with Crippen molar-refractivity contribution in [3.8, 4) is 17.4 Å². The lowest BCUT2D eigenvalue weighted by atomic mass is 10.2. The molecule has 0 bridgehead atoms. The predicted octanol–water partition coefficient (Wildman–Crippen LogP) is 3.60. The number of nitrogens with zero attached hydrogens (tertiary/aromatic N) is 1. The summed E-state index contributed by atoms with van der Waals surface area (Å²) in [7, 11) is 1.31. The first-order valence-corrected chi connectivity index (χ1v) is 10.8. The molecule has 2 rings (SSSR count). The summed E-state index contributed by atoms with van der Waals surface area (Å²) in [4.78, 5) is 27.0.